The first-order valence-electron chi connectivity index (χ1n) is 9.59. The summed E-state index contributed by atoms with van der Waals surface area (Å²) in [6.45, 7) is 3.74. The Morgan fingerprint density at radius 1 is 1.00 bits per heavy atom. The van der Waals surface area contributed by atoms with Crippen molar-refractivity contribution < 1.29 is 17.6 Å². The van der Waals surface area contributed by atoms with Crippen LogP contribution < -0.4 is 9.62 Å². The van der Waals surface area contributed by atoms with E-state index in [1.807, 2.05) is 12.1 Å². The van der Waals surface area contributed by atoms with Crippen molar-refractivity contribution in [3.8, 4) is 11.1 Å². The second-order valence-electron chi connectivity index (χ2n) is 7.49. The first-order valence-corrected chi connectivity index (χ1v) is 11.0. The fourth-order valence-corrected chi connectivity index (χ4v) is 5.21. The third kappa shape index (κ3) is 3.57. The molecule has 7 heteroatoms. The molecule has 0 atom stereocenters. The summed E-state index contributed by atoms with van der Waals surface area (Å²) in [5, 5.41) is 2.74. The van der Waals surface area contributed by atoms with Crippen molar-refractivity contribution in [2.24, 2.45) is 0 Å². The number of benzene rings is 3. The fraction of sp³-hybridized carbons (Fsp3) is 0.174. The molecular weight excluding hydrogens is 403 g/mol. The number of halogens is 1. The van der Waals surface area contributed by atoms with Crippen molar-refractivity contribution in [2.75, 3.05) is 16.2 Å². The van der Waals surface area contributed by atoms with Crippen LogP contribution in [0.3, 0.4) is 0 Å². The number of anilines is 2. The van der Waals surface area contributed by atoms with Crippen molar-refractivity contribution in [3.63, 3.8) is 0 Å². The maximum absolute atomic E-state index is 13.9. The fourth-order valence-electron chi connectivity index (χ4n) is 3.56. The zero-order chi connectivity index (χ0) is 21.5. The molecule has 30 heavy (non-hydrogen) atoms. The maximum atomic E-state index is 13.9. The summed E-state index contributed by atoms with van der Waals surface area (Å²) in [5.41, 5.74) is 2.86. The van der Waals surface area contributed by atoms with Gasteiger partial charge in [-0.1, -0.05) is 44.2 Å². The highest BCUT2D eigenvalue weighted by atomic mass is 32.2. The van der Waals surface area contributed by atoms with Crippen molar-refractivity contribution in [1.82, 2.24) is 0 Å². The molecule has 5 nitrogen and oxygen atoms in total. The van der Waals surface area contributed by atoms with Gasteiger partial charge in [0.15, 0.2) is 0 Å². The number of nitrogens with zero attached hydrogens (tertiary/aromatic N) is 1. The average Bonchev–Trinajstić information content (AvgIpc) is 2.72. The maximum Gasteiger partial charge on any atom is 0.265 e. The Morgan fingerprint density at radius 2 is 1.70 bits per heavy atom. The summed E-state index contributed by atoms with van der Waals surface area (Å²) >= 11 is 0. The van der Waals surface area contributed by atoms with Crippen molar-refractivity contribution in [3.05, 3.63) is 78.1 Å². The lowest BCUT2D eigenvalue weighted by Crippen LogP contribution is -2.40. The lowest BCUT2D eigenvalue weighted by Gasteiger charge is -2.31. The molecule has 3 aromatic rings. The number of rotatable bonds is 4. The van der Waals surface area contributed by atoms with Crippen LogP contribution in [0.1, 0.15) is 25.3 Å². The van der Waals surface area contributed by atoms with Gasteiger partial charge in [-0.25, -0.2) is 12.8 Å². The van der Waals surface area contributed by atoms with Gasteiger partial charge < -0.3 is 5.32 Å². The third-order valence-electron chi connectivity index (χ3n) is 5.12. The van der Waals surface area contributed by atoms with E-state index in [-0.39, 0.29) is 10.6 Å². The van der Waals surface area contributed by atoms with Gasteiger partial charge >= 0.3 is 0 Å². The Balaban J connectivity index is 1.66. The molecule has 0 saturated carbocycles. The first kappa shape index (κ1) is 20.1. The van der Waals surface area contributed by atoms with Crippen LogP contribution in [0.4, 0.5) is 15.8 Å². The Morgan fingerprint density at radius 3 is 2.40 bits per heavy atom. The number of carbonyl (C=O) groups is 1. The van der Waals surface area contributed by atoms with Crippen LogP contribution >= 0.6 is 0 Å². The summed E-state index contributed by atoms with van der Waals surface area (Å²) in [7, 11) is -3.96. The smallest absolute Gasteiger partial charge is 0.265 e. The van der Waals surface area contributed by atoms with Gasteiger partial charge in [0.25, 0.3) is 10.0 Å². The van der Waals surface area contributed by atoms with Crippen LogP contribution in [0, 0.1) is 5.82 Å². The van der Waals surface area contributed by atoms with E-state index in [2.05, 4.69) is 19.2 Å². The summed E-state index contributed by atoms with van der Waals surface area (Å²) in [4.78, 5) is 12.7. The van der Waals surface area contributed by atoms with Gasteiger partial charge in [0.1, 0.15) is 12.4 Å². The predicted molar refractivity (Wildman–Crippen MR) is 116 cm³/mol. The summed E-state index contributed by atoms with van der Waals surface area (Å²) < 4.78 is 41.4. The topological polar surface area (TPSA) is 66.5 Å². The molecule has 1 N–H and O–H groups in total. The standard InChI is InChI=1S/C23H21FN2O3S/c1-15(2)16-7-10-18(11-8-16)25-23(27)14-26-21-12-9-17(24)13-20(21)19-5-3-4-6-22(19)30(26,28)29/h3-13,15H,14H2,1-2H3,(H,25,27). The molecule has 4 rings (SSSR count). The number of sulfonamides is 1. The Bertz CT molecular complexity index is 1220. The van der Waals surface area contributed by atoms with Gasteiger partial charge in [-0.2, -0.15) is 0 Å². The number of fused-ring (bicyclic) bond motifs is 3. The van der Waals surface area contributed by atoms with E-state index < -0.39 is 28.3 Å². The van der Waals surface area contributed by atoms with Crippen LogP contribution in [-0.2, 0) is 14.8 Å². The number of hydrogen-bond acceptors (Lipinski definition) is 3. The second-order valence-corrected chi connectivity index (χ2v) is 9.32. The van der Waals surface area contributed by atoms with E-state index in [1.54, 1.807) is 30.3 Å². The van der Waals surface area contributed by atoms with Gasteiger partial charge in [0.2, 0.25) is 5.91 Å². The summed E-state index contributed by atoms with van der Waals surface area (Å²) in [6.07, 6.45) is 0. The van der Waals surface area contributed by atoms with Crippen LogP contribution in [0.15, 0.2) is 71.6 Å². The zero-order valence-corrected chi connectivity index (χ0v) is 17.4. The first-order chi connectivity index (χ1) is 14.3. The minimum absolute atomic E-state index is 0.0530. The summed E-state index contributed by atoms with van der Waals surface area (Å²) in [5.74, 6) is -0.590. The highest BCUT2D eigenvalue weighted by Crippen LogP contribution is 2.43. The Labute approximate surface area is 175 Å². The molecular formula is C23H21FN2O3S. The van der Waals surface area contributed by atoms with E-state index in [0.29, 0.717) is 22.7 Å². The van der Waals surface area contributed by atoms with Gasteiger partial charge in [0.05, 0.1) is 10.6 Å². The van der Waals surface area contributed by atoms with Crippen LogP contribution in [0.5, 0.6) is 0 Å². The normalized spacial score (nSPS) is 14.2. The highest BCUT2D eigenvalue weighted by molar-refractivity contribution is 7.93. The second kappa shape index (κ2) is 7.57. The highest BCUT2D eigenvalue weighted by Gasteiger charge is 2.36. The minimum Gasteiger partial charge on any atom is -0.325 e. The number of nitrogens with one attached hydrogen (secondary N) is 1. The van der Waals surface area contributed by atoms with Crippen molar-refractivity contribution in [1.29, 1.82) is 0 Å². The molecule has 0 aliphatic carbocycles. The zero-order valence-electron chi connectivity index (χ0n) is 16.6. The molecule has 0 bridgehead atoms. The van der Waals surface area contributed by atoms with Crippen LogP contribution in [0.25, 0.3) is 11.1 Å². The van der Waals surface area contributed by atoms with Gasteiger partial charge in [-0.05, 0) is 47.9 Å². The largest absolute Gasteiger partial charge is 0.325 e. The molecule has 3 aromatic carbocycles. The van der Waals surface area contributed by atoms with Gasteiger partial charge in [-0.15, -0.1) is 0 Å². The molecule has 1 heterocycles. The molecule has 0 unspecified atom stereocenters. The Hall–Kier alpha value is -3.19. The van der Waals surface area contributed by atoms with E-state index in [9.17, 15) is 17.6 Å². The molecule has 154 valence electrons. The molecule has 1 aliphatic heterocycles. The lowest BCUT2D eigenvalue weighted by atomic mass is 10.0. The summed E-state index contributed by atoms with van der Waals surface area (Å²) in [6, 6.07) is 17.7. The number of carbonyl (C=O) groups excluding carboxylic acids is 1. The SMILES string of the molecule is CC(C)c1ccc(NC(=O)CN2c3ccc(F)cc3-c3ccccc3S2(=O)=O)cc1. The van der Waals surface area contributed by atoms with Gasteiger partial charge in [0, 0.05) is 16.8 Å². The monoisotopic (exact) mass is 424 g/mol. The Kier molecular flexibility index (Phi) is 5.07. The minimum atomic E-state index is -3.96. The molecule has 0 fully saturated rings. The number of amides is 1. The molecule has 1 amide bonds. The van der Waals surface area contributed by atoms with Crippen molar-refractivity contribution >= 4 is 27.3 Å². The quantitative estimate of drug-likeness (QED) is 0.656. The lowest BCUT2D eigenvalue weighted by molar-refractivity contribution is -0.114. The van der Waals surface area contributed by atoms with E-state index in [0.717, 1.165) is 9.87 Å². The van der Waals surface area contributed by atoms with Crippen molar-refractivity contribution in [2.45, 2.75) is 24.7 Å². The molecule has 0 spiro atoms. The van der Waals surface area contributed by atoms with E-state index in [4.69, 9.17) is 0 Å². The molecule has 1 aliphatic rings. The third-order valence-corrected chi connectivity index (χ3v) is 6.94. The van der Waals surface area contributed by atoms with E-state index >= 15 is 0 Å². The molecule has 0 aromatic heterocycles. The predicted octanol–water partition coefficient (Wildman–Crippen LogP) is 4.76. The van der Waals surface area contributed by atoms with Crippen LogP contribution in [0.2, 0.25) is 0 Å². The molecule has 0 saturated heterocycles. The van der Waals surface area contributed by atoms with Gasteiger partial charge in [-0.3, -0.25) is 9.10 Å². The van der Waals surface area contributed by atoms with E-state index in [1.165, 1.54) is 24.3 Å². The number of hydrogen-bond donors (Lipinski definition) is 1. The van der Waals surface area contributed by atoms with Crippen LogP contribution in [-0.4, -0.2) is 20.9 Å². The molecule has 0 radical (unpaired) electrons. The average molecular weight is 424 g/mol.